The Hall–Kier alpha value is -1.63. The standard InChI is InChI=1S/C15H21N3O3S/c1-8-11(14(19)21-3)13(22-17-8)16-15(20)18(2)12(9-4-5-9)10-6-7-10/h9-10,12H,4-7H2,1-3H3,(H,16,20). The fraction of sp³-hybridized carbons (Fsp3) is 0.667. The molecule has 3 rings (SSSR count). The fourth-order valence-electron chi connectivity index (χ4n) is 3.01. The van der Waals surface area contributed by atoms with Crippen molar-refractivity contribution in [3.8, 4) is 0 Å². The lowest BCUT2D eigenvalue weighted by molar-refractivity contribution is 0.0601. The van der Waals surface area contributed by atoms with Gasteiger partial charge < -0.3 is 9.64 Å². The number of urea groups is 1. The van der Waals surface area contributed by atoms with Crippen LogP contribution in [-0.4, -0.2) is 41.5 Å². The number of hydrogen-bond donors (Lipinski definition) is 1. The SMILES string of the molecule is COC(=O)c1c(C)nsc1NC(=O)N(C)C(C1CC1)C1CC1. The highest BCUT2D eigenvalue weighted by Gasteiger charge is 2.45. The molecule has 7 heteroatoms. The highest BCUT2D eigenvalue weighted by Crippen LogP contribution is 2.47. The average molecular weight is 323 g/mol. The summed E-state index contributed by atoms with van der Waals surface area (Å²) < 4.78 is 8.91. The van der Waals surface area contributed by atoms with E-state index in [0.717, 1.165) is 11.5 Å². The molecule has 0 spiro atoms. The molecule has 0 bridgehead atoms. The van der Waals surface area contributed by atoms with Crippen LogP contribution in [0.2, 0.25) is 0 Å². The van der Waals surface area contributed by atoms with Gasteiger partial charge in [0.05, 0.1) is 12.8 Å². The number of hydrogen-bond acceptors (Lipinski definition) is 5. The first-order chi connectivity index (χ1) is 10.5. The van der Waals surface area contributed by atoms with Crippen LogP contribution in [0, 0.1) is 18.8 Å². The number of methoxy groups -OCH3 is 1. The average Bonchev–Trinajstić information content (AvgIpc) is 3.40. The van der Waals surface area contributed by atoms with Crippen LogP contribution in [0.15, 0.2) is 0 Å². The molecule has 22 heavy (non-hydrogen) atoms. The maximum absolute atomic E-state index is 12.5. The summed E-state index contributed by atoms with van der Waals surface area (Å²) in [5.41, 5.74) is 0.930. The van der Waals surface area contributed by atoms with E-state index in [1.807, 2.05) is 11.9 Å². The van der Waals surface area contributed by atoms with Gasteiger partial charge in [-0.1, -0.05) is 0 Å². The largest absolute Gasteiger partial charge is 0.465 e. The summed E-state index contributed by atoms with van der Waals surface area (Å²) in [6.07, 6.45) is 4.86. The number of nitrogens with one attached hydrogen (secondary N) is 1. The number of nitrogens with zero attached hydrogens (tertiary/aromatic N) is 2. The van der Waals surface area contributed by atoms with Gasteiger partial charge in [-0.05, 0) is 56.0 Å². The lowest BCUT2D eigenvalue weighted by atomic mass is 10.1. The van der Waals surface area contributed by atoms with Gasteiger partial charge in [0.2, 0.25) is 0 Å². The smallest absolute Gasteiger partial charge is 0.342 e. The van der Waals surface area contributed by atoms with Gasteiger partial charge >= 0.3 is 12.0 Å². The molecule has 120 valence electrons. The van der Waals surface area contributed by atoms with E-state index in [2.05, 4.69) is 9.69 Å². The molecule has 0 unspecified atom stereocenters. The molecule has 2 amide bonds. The Balaban J connectivity index is 1.72. The van der Waals surface area contributed by atoms with E-state index < -0.39 is 5.97 Å². The maximum Gasteiger partial charge on any atom is 0.342 e. The number of anilines is 1. The van der Waals surface area contributed by atoms with Crippen LogP contribution in [-0.2, 0) is 4.74 Å². The number of aryl methyl sites for hydroxylation is 1. The molecule has 6 nitrogen and oxygen atoms in total. The Morgan fingerprint density at radius 1 is 1.32 bits per heavy atom. The normalized spacial score (nSPS) is 17.5. The summed E-state index contributed by atoms with van der Waals surface area (Å²) in [6.45, 7) is 1.74. The van der Waals surface area contributed by atoms with E-state index in [-0.39, 0.29) is 6.03 Å². The second-order valence-corrected chi connectivity index (χ2v) is 6.94. The lowest BCUT2D eigenvalue weighted by Gasteiger charge is -2.28. The van der Waals surface area contributed by atoms with Gasteiger partial charge in [0, 0.05) is 13.1 Å². The Morgan fingerprint density at radius 2 is 1.91 bits per heavy atom. The van der Waals surface area contributed by atoms with Crippen LogP contribution >= 0.6 is 11.5 Å². The molecule has 1 aromatic heterocycles. The summed E-state index contributed by atoms with van der Waals surface area (Å²) >= 11 is 1.12. The minimum absolute atomic E-state index is 0.169. The molecular weight excluding hydrogens is 302 g/mol. The number of amides is 2. The van der Waals surface area contributed by atoms with Crippen LogP contribution in [0.4, 0.5) is 9.80 Å². The Bertz CT molecular complexity index is 581. The number of carbonyl (C=O) groups is 2. The molecule has 1 aromatic rings. The van der Waals surface area contributed by atoms with E-state index in [9.17, 15) is 9.59 Å². The van der Waals surface area contributed by atoms with Crippen molar-refractivity contribution in [3.05, 3.63) is 11.3 Å². The first-order valence-electron chi connectivity index (χ1n) is 7.61. The molecular formula is C15H21N3O3S. The highest BCUT2D eigenvalue weighted by molar-refractivity contribution is 7.11. The predicted molar refractivity (Wildman–Crippen MR) is 84.2 cm³/mol. The number of carbonyl (C=O) groups excluding carboxylic acids is 2. The van der Waals surface area contributed by atoms with Crippen LogP contribution in [0.5, 0.6) is 0 Å². The van der Waals surface area contributed by atoms with Crippen molar-refractivity contribution >= 4 is 28.5 Å². The van der Waals surface area contributed by atoms with Crippen LogP contribution in [0.25, 0.3) is 0 Å². The molecule has 1 heterocycles. The van der Waals surface area contributed by atoms with E-state index in [0.29, 0.717) is 34.1 Å². The van der Waals surface area contributed by atoms with Gasteiger partial charge in [0.1, 0.15) is 10.6 Å². The van der Waals surface area contributed by atoms with Gasteiger partial charge in [-0.3, -0.25) is 5.32 Å². The summed E-state index contributed by atoms with van der Waals surface area (Å²) in [5.74, 6) is 0.822. The Labute approximate surface area is 134 Å². The fourth-order valence-corrected chi connectivity index (χ4v) is 3.79. The third kappa shape index (κ3) is 2.95. The molecule has 0 aromatic carbocycles. The predicted octanol–water partition coefficient (Wildman–Crippen LogP) is 2.89. The first kappa shape index (κ1) is 15.3. The monoisotopic (exact) mass is 323 g/mol. The molecule has 0 aliphatic heterocycles. The minimum atomic E-state index is -0.467. The van der Waals surface area contributed by atoms with E-state index in [1.54, 1.807) is 6.92 Å². The third-order valence-corrected chi connectivity index (χ3v) is 5.30. The first-order valence-corrected chi connectivity index (χ1v) is 8.38. The van der Waals surface area contributed by atoms with Crippen LogP contribution < -0.4 is 5.32 Å². The zero-order valence-electron chi connectivity index (χ0n) is 13.1. The highest BCUT2D eigenvalue weighted by atomic mass is 32.1. The Morgan fingerprint density at radius 3 is 2.41 bits per heavy atom. The Kier molecular flexibility index (Phi) is 4.08. The van der Waals surface area contributed by atoms with Gasteiger partial charge in [0.15, 0.2) is 0 Å². The topological polar surface area (TPSA) is 71.5 Å². The third-order valence-electron chi connectivity index (χ3n) is 4.45. The van der Waals surface area contributed by atoms with E-state index >= 15 is 0 Å². The van der Waals surface area contributed by atoms with Crippen LogP contribution in [0.1, 0.15) is 41.7 Å². The molecule has 2 aliphatic carbocycles. The number of ether oxygens (including phenoxy) is 1. The minimum Gasteiger partial charge on any atom is -0.465 e. The molecule has 1 N–H and O–H groups in total. The molecule has 0 radical (unpaired) electrons. The molecule has 2 aliphatic rings. The summed E-state index contributed by atoms with van der Waals surface area (Å²) in [4.78, 5) is 26.2. The molecule has 2 fully saturated rings. The van der Waals surface area contributed by atoms with Crippen molar-refractivity contribution in [2.24, 2.45) is 11.8 Å². The molecule has 0 saturated heterocycles. The zero-order valence-corrected chi connectivity index (χ0v) is 13.9. The van der Waals surface area contributed by atoms with Gasteiger partial charge in [-0.2, -0.15) is 4.37 Å². The summed E-state index contributed by atoms with van der Waals surface area (Å²) in [6, 6.07) is 0.160. The van der Waals surface area contributed by atoms with Crippen molar-refractivity contribution in [3.63, 3.8) is 0 Å². The van der Waals surface area contributed by atoms with Gasteiger partial charge in [-0.25, -0.2) is 9.59 Å². The summed E-state index contributed by atoms with van der Waals surface area (Å²) in [7, 11) is 3.18. The number of rotatable bonds is 5. The lowest BCUT2D eigenvalue weighted by Crippen LogP contribution is -2.42. The van der Waals surface area contributed by atoms with Crippen molar-refractivity contribution in [2.45, 2.75) is 38.6 Å². The molecule has 0 atom stereocenters. The van der Waals surface area contributed by atoms with E-state index in [4.69, 9.17) is 4.74 Å². The second-order valence-electron chi connectivity index (χ2n) is 6.17. The second kappa shape index (κ2) is 5.87. The maximum atomic E-state index is 12.5. The van der Waals surface area contributed by atoms with Crippen molar-refractivity contribution in [2.75, 3.05) is 19.5 Å². The van der Waals surface area contributed by atoms with Crippen molar-refractivity contribution in [1.29, 1.82) is 0 Å². The summed E-state index contributed by atoms with van der Waals surface area (Å²) in [5, 5.41) is 3.30. The van der Waals surface area contributed by atoms with Crippen LogP contribution in [0.3, 0.4) is 0 Å². The number of aromatic nitrogens is 1. The quantitative estimate of drug-likeness (QED) is 0.846. The zero-order chi connectivity index (χ0) is 15.9. The van der Waals surface area contributed by atoms with Crippen molar-refractivity contribution < 1.29 is 14.3 Å². The van der Waals surface area contributed by atoms with Gasteiger partial charge in [0.25, 0.3) is 0 Å². The molecule has 2 saturated carbocycles. The van der Waals surface area contributed by atoms with Gasteiger partial charge in [-0.15, -0.1) is 0 Å². The van der Waals surface area contributed by atoms with E-state index in [1.165, 1.54) is 32.8 Å². The van der Waals surface area contributed by atoms with Crippen molar-refractivity contribution in [1.82, 2.24) is 9.27 Å². The number of esters is 1.